The molecule has 4 rings (SSSR count). The maximum Gasteiger partial charge on any atom is 0.270 e. The molecule has 0 saturated heterocycles. The Labute approximate surface area is 190 Å². The van der Waals surface area contributed by atoms with Gasteiger partial charge in [-0.1, -0.05) is 12.1 Å². The lowest BCUT2D eigenvalue weighted by molar-refractivity contribution is 0.0945. The van der Waals surface area contributed by atoms with Gasteiger partial charge < -0.3 is 5.32 Å². The zero-order valence-electron chi connectivity index (χ0n) is 18.4. The molecule has 0 unspecified atom stereocenters. The average molecular weight is 440 g/mol. The Balaban J connectivity index is 1.59. The maximum atomic E-state index is 14.8. The highest BCUT2D eigenvalue weighted by Crippen LogP contribution is 2.30. The number of aromatic nitrogens is 4. The van der Waals surface area contributed by atoms with Gasteiger partial charge >= 0.3 is 0 Å². The summed E-state index contributed by atoms with van der Waals surface area (Å²) in [6, 6.07) is 11.9. The van der Waals surface area contributed by atoms with Crippen molar-refractivity contribution in [2.24, 2.45) is 0 Å². The topological polar surface area (TPSA) is 77.1 Å². The number of benzene rings is 1. The number of nitrogens with one attached hydrogen (secondary N) is 1. The lowest BCUT2D eigenvalue weighted by atomic mass is 10.1. The molecule has 0 aliphatic carbocycles. The van der Waals surface area contributed by atoms with Crippen LogP contribution in [0.15, 0.2) is 54.9 Å². The van der Waals surface area contributed by atoms with E-state index in [4.69, 9.17) is 6.57 Å². The molecule has 0 atom stereocenters. The molecular formula is C25H21FN6O. The number of pyridine rings is 2. The molecule has 0 aliphatic rings. The standard InChI is InChI=1S/C25H21FN6O/c1-15-11-19(8-9-21(15)27-4)32-17(3)24(16(2)31-32)18-12-20(26)23(29-13-18)14-30-25(33)22-7-5-6-10-28-22/h5-13H,14H2,1-3H3,(H,30,33). The van der Waals surface area contributed by atoms with E-state index in [9.17, 15) is 9.18 Å². The van der Waals surface area contributed by atoms with Crippen molar-refractivity contribution in [2.75, 3.05) is 0 Å². The Hall–Kier alpha value is -4.38. The van der Waals surface area contributed by atoms with Crippen molar-refractivity contribution < 1.29 is 9.18 Å². The van der Waals surface area contributed by atoms with Crippen LogP contribution in [-0.2, 0) is 6.54 Å². The molecule has 1 N–H and O–H groups in total. The van der Waals surface area contributed by atoms with Crippen LogP contribution in [0.3, 0.4) is 0 Å². The molecule has 0 aliphatic heterocycles. The first-order valence-electron chi connectivity index (χ1n) is 10.3. The van der Waals surface area contributed by atoms with Gasteiger partial charge in [0, 0.05) is 29.2 Å². The predicted octanol–water partition coefficient (Wildman–Crippen LogP) is 4.87. The molecule has 4 aromatic rings. The van der Waals surface area contributed by atoms with Crippen LogP contribution in [0, 0.1) is 33.2 Å². The number of hydrogen-bond donors (Lipinski definition) is 1. The summed E-state index contributed by atoms with van der Waals surface area (Å²) in [6.45, 7) is 12.8. The Morgan fingerprint density at radius 1 is 1.15 bits per heavy atom. The van der Waals surface area contributed by atoms with Gasteiger partial charge in [0.1, 0.15) is 11.5 Å². The number of carbonyl (C=O) groups is 1. The molecule has 7 nitrogen and oxygen atoms in total. The number of amides is 1. The van der Waals surface area contributed by atoms with E-state index < -0.39 is 11.7 Å². The molecule has 0 radical (unpaired) electrons. The molecule has 33 heavy (non-hydrogen) atoms. The highest BCUT2D eigenvalue weighted by Gasteiger charge is 2.18. The zero-order valence-corrected chi connectivity index (χ0v) is 18.4. The van der Waals surface area contributed by atoms with Crippen molar-refractivity contribution >= 4 is 11.6 Å². The minimum Gasteiger partial charge on any atom is -0.345 e. The van der Waals surface area contributed by atoms with Gasteiger partial charge in [0.2, 0.25) is 0 Å². The van der Waals surface area contributed by atoms with Gasteiger partial charge in [0.15, 0.2) is 5.69 Å². The second-order valence-electron chi connectivity index (χ2n) is 7.59. The molecule has 1 amide bonds. The number of carbonyl (C=O) groups excluding carboxylic acids is 1. The fourth-order valence-electron chi connectivity index (χ4n) is 3.69. The Kier molecular flexibility index (Phi) is 5.96. The molecular weight excluding hydrogens is 419 g/mol. The van der Waals surface area contributed by atoms with Crippen molar-refractivity contribution in [1.29, 1.82) is 0 Å². The van der Waals surface area contributed by atoms with Gasteiger partial charge in [-0.2, -0.15) is 5.10 Å². The summed E-state index contributed by atoms with van der Waals surface area (Å²) in [7, 11) is 0. The quantitative estimate of drug-likeness (QED) is 0.449. The van der Waals surface area contributed by atoms with Gasteiger partial charge in [0.25, 0.3) is 5.91 Å². The summed E-state index contributed by atoms with van der Waals surface area (Å²) in [5, 5.41) is 7.26. The minimum atomic E-state index is -0.516. The van der Waals surface area contributed by atoms with E-state index in [2.05, 4.69) is 25.2 Å². The van der Waals surface area contributed by atoms with Gasteiger partial charge in [-0.05, 0) is 56.7 Å². The van der Waals surface area contributed by atoms with Crippen molar-refractivity contribution in [3.63, 3.8) is 0 Å². The van der Waals surface area contributed by atoms with Crippen LogP contribution in [0.1, 0.15) is 33.1 Å². The molecule has 0 bridgehead atoms. The van der Waals surface area contributed by atoms with Crippen LogP contribution in [0.2, 0.25) is 0 Å². The lowest BCUT2D eigenvalue weighted by Gasteiger charge is -2.09. The van der Waals surface area contributed by atoms with Crippen LogP contribution < -0.4 is 5.32 Å². The van der Waals surface area contributed by atoms with E-state index >= 15 is 0 Å². The third-order valence-corrected chi connectivity index (χ3v) is 5.36. The van der Waals surface area contributed by atoms with Crippen LogP contribution >= 0.6 is 0 Å². The molecule has 1 aromatic carbocycles. The van der Waals surface area contributed by atoms with E-state index in [-0.39, 0.29) is 17.9 Å². The van der Waals surface area contributed by atoms with Crippen molar-refractivity contribution in [3.8, 4) is 16.8 Å². The molecule has 0 spiro atoms. The van der Waals surface area contributed by atoms with Gasteiger partial charge in [-0.15, -0.1) is 0 Å². The smallest absolute Gasteiger partial charge is 0.270 e. The zero-order chi connectivity index (χ0) is 23.5. The van der Waals surface area contributed by atoms with Crippen LogP contribution in [0.4, 0.5) is 10.1 Å². The van der Waals surface area contributed by atoms with E-state index in [0.29, 0.717) is 11.3 Å². The van der Waals surface area contributed by atoms with Gasteiger partial charge in [0.05, 0.1) is 30.2 Å². The third kappa shape index (κ3) is 4.34. The highest BCUT2D eigenvalue weighted by atomic mass is 19.1. The van der Waals surface area contributed by atoms with Crippen LogP contribution in [-0.4, -0.2) is 25.7 Å². The summed E-state index contributed by atoms with van der Waals surface area (Å²) < 4.78 is 16.6. The number of rotatable bonds is 5. The SMILES string of the molecule is [C-]#[N+]c1ccc(-n2nc(C)c(-c3cnc(CNC(=O)c4ccccn4)c(F)c3)c2C)cc1C. The summed E-state index contributed by atoms with van der Waals surface area (Å²) in [5.41, 5.74) is 5.63. The van der Waals surface area contributed by atoms with Crippen molar-refractivity contribution in [2.45, 2.75) is 27.3 Å². The van der Waals surface area contributed by atoms with E-state index in [1.807, 2.05) is 32.9 Å². The molecule has 8 heteroatoms. The van der Waals surface area contributed by atoms with Gasteiger partial charge in [-0.3, -0.25) is 14.8 Å². The first-order valence-corrected chi connectivity index (χ1v) is 10.3. The summed E-state index contributed by atoms with van der Waals surface area (Å²) >= 11 is 0. The van der Waals surface area contributed by atoms with Crippen molar-refractivity contribution in [3.05, 3.63) is 100 Å². The minimum absolute atomic E-state index is 0.0502. The molecule has 3 aromatic heterocycles. The molecule has 0 saturated carbocycles. The predicted molar refractivity (Wildman–Crippen MR) is 123 cm³/mol. The number of nitrogens with zero attached hydrogens (tertiary/aromatic N) is 5. The monoisotopic (exact) mass is 440 g/mol. The largest absolute Gasteiger partial charge is 0.345 e. The number of aryl methyl sites for hydroxylation is 2. The highest BCUT2D eigenvalue weighted by molar-refractivity contribution is 5.92. The maximum absolute atomic E-state index is 14.8. The lowest BCUT2D eigenvalue weighted by Crippen LogP contribution is -2.24. The van der Waals surface area contributed by atoms with E-state index in [1.54, 1.807) is 35.1 Å². The van der Waals surface area contributed by atoms with Crippen molar-refractivity contribution in [1.82, 2.24) is 25.1 Å². The van der Waals surface area contributed by atoms with Crippen LogP contribution in [0.25, 0.3) is 21.7 Å². The Morgan fingerprint density at radius 3 is 2.64 bits per heavy atom. The third-order valence-electron chi connectivity index (χ3n) is 5.36. The Bertz CT molecular complexity index is 1390. The molecule has 0 fully saturated rings. The second-order valence-corrected chi connectivity index (χ2v) is 7.59. The second kappa shape index (κ2) is 9.01. The molecule has 3 heterocycles. The van der Waals surface area contributed by atoms with E-state index in [1.165, 1.54) is 12.3 Å². The molecule has 164 valence electrons. The fraction of sp³-hybridized carbons (Fsp3) is 0.160. The summed E-state index contributed by atoms with van der Waals surface area (Å²) in [4.78, 5) is 23.9. The average Bonchev–Trinajstić information content (AvgIpc) is 3.12. The number of hydrogen-bond acceptors (Lipinski definition) is 4. The van der Waals surface area contributed by atoms with Gasteiger partial charge in [-0.25, -0.2) is 13.9 Å². The first kappa shape index (κ1) is 21.8. The van der Waals surface area contributed by atoms with Crippen LogP contribution in [0.5, 0.6) is 0 Å². The Morgan fingerprint density at radius 2 is 1.97 bits per heavy atom. The fourth-order valence-corrected chi connectivity index (χ4v) is 3.69. The summed E-state index contributed by atoms with van der Waals surface area (Å²) in [6.07, 6.45) is 3.10. The first-order chi connectivity index (χ1) is 15.9. The normalized spacial score (nSPS) is 10.6. The van der Waals surface area contributed by atoms with E-state index in [0.717, 1.165) is 28.2 Å². The summed E-state index contributed by atoms with van der Waals surface area (Å²) in [5.74, 6) is -0.911. The number of halogens is 1.